The van der Waals surface area contributed by atoms with Gasteiger partial charge in [-0.3, -0.25) is 0 Å². The quantitative estimate of drug-likeness (QED) is 0.689. The summed E-state index contributed by atoms with van der Waals surface area (Å²) in [7, 11) is 0. The number of benzene rings is 2. The maximum absolute atomic E-state index is 11.9. The van der Waals surface area contributed by atoms with E-state index >= 15 is 0 Å². The number of nitrogen functional groups attached to an aromatic ring is 1. The van der Waals surface area contributed by atoms with E-state index < -0.39 is 5.97 Å². The molecule has 0 amide bonds. The number of esters is 1. The maximum atomic E-state index is 11.9. The lowest BCUT2D eigenvalue weighted by Gasteiger charge is -2.08. The van der Waals surface area contributed by atoms with Crippen molar-refractivity contribution >= 4 is 23.3 Å². The molecule has 20 heavy (non-hydrogen) atoms. The fraction of sp³-hybridized carbons (Fsp3) is 0.188. The Bertz CT molecular complexity index is 633. The summed E-state index contributed by atoms with van der Waals surface area (Å²) in [4.78, 5) is 11.9. The first kappa shape index (κ1) is 14.4. The summed E-state index contributed by atoms with van der Waals surface area (Å²) in [5.74, 6) is -0.410. The number of aryl methyl sites for hydroxylation is 2. The summed E-state index contributed by atoms with van der Waals surface area (Å²) in [5, 5.41) is 0.427. The maximum Gasteiger partial charge on any atom is 0.338 e. The number of anilines is 1. The number of hydrogen-bond donors (Lipinski definition) is 1. The van der Waals surface area contributed by atoms with Gasteiger partial charge < -0.3 is 10.5 Å². The van der Waals surface area contributed by atoms with Crippen LogP contribution in [0.3, 0.4) is 0 Å². The zero-order chi connectivity index (χ0) is 14.7. The minimum atomic E-state index is -0.410. The molecule has 3 nitrogen and oxygen atoms in total. The minimum Gasteiger partial charge on any atom is -0.457 e. The molecule has 0 atom stereocenters. The molecule has 2 aromatic rings. The molecular formula is C16H16ClNO2. The van der Waals surface area contributed by atoms with Crippen molar-refractivity contribution in [2.24, 2.45) is 0 Å². The van der Waals surface area contributed by atoms with Crippen LogP contribution >= 0.6 is 11.6 Å². The standard InChI is InChI=1S/C16H16ClNO2/c1-10-5-11(2)7-12(6-10)9-20-16(19)13-3-4-14(17)15(18)8-13/h3-8H,9,18H2,1-2H3. The average molecular weight is 290 g/mol. The van der Waals surface area contributed by atoms with Gasteiger partial charge in [0, 0.05) is 0 Å². The van der Waals surface area contributed by atoms with Crippen molar-refractivity contribution in [3.05, 3.63) is 63.7 Å². The van der Waals surface area contributed by atoms with Crippen molar-refractivity contribution in [2.45, 2.75) is 20.5 Å². The van der Waals surface area contributed by atoms with Gasteiger partial charge >= 0.3 is 5.97 Å². The zero-order valence-electron chi connectivity index (χ0n) is 11.4. The number of carbonyl (C=O) groups is 1. The highest BCUT2D eigenvalue weighted by Crippen LogP contribution is 2.20. The fourth-order valence-corrected chi connectivity index (χ4v) is 2.17. The van der Waals surface area contributed by atoms with Crippen LogP contribution in [0.25, 0.3) is 0 Å². The number of hydrogen-bond acceptors (Lipinski definition) is 3. The molecule has 2 aromatic carbocycles. The summed E-state index contributed by atoms with van der Waals surface area (Å²) in [5.41, 5.74) is 9.69. The summed E-state index contributed by atoms with van der Waals surface area (Å²) >= 11 is 5.82. The fourth-order valence-electron chi connectivity index (χ4n) is 2.06. The Balaban J connectivity index is 2.06. The van der Waals surface area contributed by atoms with Crippen LogP contribution in [0.5, 0.6) is 0 Å². The van der Waals surface area contributed by atoms with E-state index in [-0.39, 0.29) is 6.61 Å². The van der Waals surface area contributed by atoms with E-state index in [0.29, 0.717) is 16.3 Å². The lowest BCUT2D eigenvalue weighted by Crippen LogP contribution is -2.06. The number of carbonyl (C=O) groups excluding carboxylic acids is 1. The topological polar surface area (TPSA) is 52.3 Å². The van der Waals surface area contributed by atoms with E-state index in [0.717, 1.165) is 16.7 Å². The smallest absolute Gasteiger partial charge is 0.338 e. The third-order valence-corrected chi connectivity index (χ3v) is 3.23. The molecule has 0 bridgehead atoms. The molecule has 2 rings (SSSR count). The SMILES string of the molecule is Cc1cc(C)cc(COC(=O)c2ccc(Cl)c(N)c2)c1. The minimum absolute atomic E-state index is 0.240. The van der Waals surface area contributed by atoms with Crippen LogP contribution in [-0.4, -0.2) is 5.97 Å². The number of nitrogens with two attached hydrogens (primary N) is 1. The highest BCUT2D eigenvalue weighted by Gasteiger charge is 2.09. The first-order valence-corrected chi connectivity index (χ1v) is 6.63. The molecular weight excluding hydrogens is 274 g/mol. The van der Waals surface area contributed by atoms with Crippen molar-refractivity contribution in [1.82, 2.24) is 0 Å². The number of halogens is 1. The molecule has 0 heterocycles. The summed E-state index contributed by atoms with van der Waals surface area (Å²) in [6.07, 6.45) is 0. The molecule has 0 aliphatic heterocycles. The third-order valence-electron chi connectivity index (χ3n) is 2.88. The highest BCUT2D eigenvalue weighted by molar-refractivity contribution is 6.33. The van der Waals surface area contributed by atoms with E-state index in [9.17, 15) is 4.79 Å². The molecule has 0 radical (unpaired) electrons. The second kappa shape index (κ2) is 5.97. The molecule has 0 aliphatic rings. The van der Waals surface area contributed by atoms with E-state index in [1.165, 1.54) is 6.07 Å². The van der Waals surface area contributed by atoms with Gasteiger partial charge in [-0.05, 0) is 37.6 Å². The van der Waals surface area contributed by atoms with Gasteiger partial charge in [-0.15, -0.1) is 0 Å². The van der Waals surface area contributed by atoms with Gasteiger partial charge in [0.25, 0.3) is 0 Å². The Kier molecular flexibility index (Phi) is 4.30. The normalized spacial score (nSPS) is 10.3. The van der Waals surface area contributed by atoms with Gasteiger partial charge in [-0.2, -0.15) is 0 Å². The van der Waals surface area contributed by atoms with Crippen LogP contribution in [0.1, 0.15) is 27.0 Å². The molecule has 0 fully saturated rings. The van der Waals surface area contributed by atoms with E-state index in [2.05, 4.69) is 6.07 Å². The molecule has 2 N–H and O–H groups in total. The molecule has 0 saturated carbocycles. The van der Waals surface area contributed by atoms with Crippen molar-refractivity contribution < 1.29 is 9.53 Å². The van der Waals surface area contributed by atoms with E-state index in [1.54, 1.807) is 12.1 Å². The second-order valence-corrected chi connectivity index (χ2v) is 5.22. The van der Waals surface area contributed by atoms with Crippen molar-refractivity contribution in [3.63, 3.8) is 0 Å². The van der Waals surface area contributed by atoms with Crippen LogP contribution in [0.4, 0.5) is 5.69 Å². The Morgan fingerprint density at radius 3 is 2.40 bits per heavy atom. The first-order chi connectivity index (χ1) is 9.45. The number of ether oxygens (including phenoxy) is 1. The van der Waals surface area contributed by atoms with E-state index in [4.69, 9.17) is 22.1 Å². The van der Waals surface area contributed by atoms with Gasteiger partial charge in [0.1, 0.15) is 6.61 Å². The van der Waals surface area contributed by atoms with Crippen LogP contribution in [0.2, 0.25) is 5.02 Å². The predicted octanol–water partition coefficient (Wildman–Crippen LogP) is 3.90. The Hall–Kier alpha value is -2.00. The van der Waals surface area contributed by atoms with Crippen LogP contribution in [0, 0.1) is 13.8 Å². The van der Waals surface area contributed by atoms with Gasteiger partial charge in [0.05, 0.1) is 16.3 Å². The van der Waals surface area contributed by atoms with Crippen molar-refractivity contribution in [2.75, 3.05) is 5.73 Å². The Morgan fingerprint density at radius 1 is 1.15 bits per heavy atom. The molecule has 0 unspecified atom stereocenters. The molecule has 0 aromatic heterocycles. The molecule has 4 heteroatoms. The molecule has 104 valence electrons. The van der Waals surface area contributed by atoms with Gasteiger partial charge in [0.15, 0.2) is 0 Å². The number of rotatable bonds is 3. The predicted molar refractivity (Wildman–Crippen MR) is 80.9 cm³/mol. The second-order valence-electron chi connectivity index (χ2n) is 4.81. The van der Waals surface area contributed by atoms with E-state index in [1.807, 2.05) is 26.0 Å². The van der Waals surface area contributed by atoms with Gasteiger partial charge in [0.2, 0.25) is 0 Å². The first-order valence-electron chi connectivity index (χ1n) is 6.25. The van der Waals surface area contributed by atoms with Crippen LogP contribution in [0.15, 0.2) is 36.4 Å². The van der Waals surface area contributed by atoms with Crippen molar-refractivity contribution in [1.29, 1.82) is 0 Å². The van der Waals surface area contributed by atoms with Crippen LogP contribution < -0.4 is 5.73 Å². The average Bonchev–Trinajstić information content (AvgIpc) is 2.38. The lowest BCUT2D eigenvalue weighted by atomic mass is 10.1. The monoisotopic (exact) mass is 289 g/mol. The highest BCUT2D eigenvalue weighted by atomic mass is 35.5. The molecule has 0 saturated heterocycles. The summed E-state index contributed by atoms with van der Waals surface area (Å²) in [6, 6.07) is 10.8. The Labute approximate surface area is 123 Å². The zero-order valence-corrected chi connectivity index (χ0v) is 12.2. The largest absolute Gasteiger partial charge is 0.457 e. The van der Waals surface area contributed by atoms with Crippen LogP contribution in [-0.2, 0) is 11.3 Å². The van der Waals surface area contributed by atoms with Crippen molar-refractivity contribution in [3.8, 4) is 0 Å². The van der Waals surface area contributed by atoms with Gasteiger partial charge in [-0.25, -0.2) is 4.79 Å². The summed E-state index contributed by atoms with van der Waals surface area (Å²) < 4.78 is 5.28. The Morgan fingerprint density at radius 2 is 1.80 bits per heavy atom. The molecule has 0 spiro atoms. The molecule has 0 aliphatic carbocycles. The van der Waals surface area contributed by atoms with Gasteiger partial charge in [-0.1, -0.05) is 40.9 Å². The lowest BCUT2D eigenvalue weighted by molar-refractivity contribution is 0.0472. The summed E-state index contributed by atoms with van der Waals surface area (Å²) in [6.45, 7) is 4.26. The third kappa shape index (κ3) is 3.52.